The van der Waals surface area contributed by atoms with Crippen LogP contribution in [0.1, 0.15) is 63.6 Å². The number of carboxylic acid groups (broad SMARTS) is 2. The Balaban J connectivity index is 2.24. The summed E-state index contributed by atoms with van der Waals surface area (Å²) >= 11 is 0. The number of H-pyrrole nitrogens is 1. The summed E-state index contributed by atoms with van der Waals surface area (Å²) in [6.07, 6.45) is -2.44. The van der Waals surface area contributed by atoms with Crippen LogP contribution in [0.25, 0.3) is 0 Å². The number of carbonyl (C=O) groups is 12. The van der Waals surface area contributed by atoms with E-state index in [1.807, 2.05) is 5.32 Å². The van der Waals surface area contributed by atoms with Crippen LogP contribution in [0.4, 0.5) is 0 Å². The van der Waals surface area contributed by atoms with Crippen molar-refractivity contribution in [2.45, 2.75) is 132 Å². The minimum Gasteiger partial charge on any atom is -0.481 e. The molecule has 10 amide bonds. The van der Waals surface area contributed by atoms with Crippen molar-refractivity contribution in [3.63, 3.8) is 0 Å². The SMILES string of the molecule is C[C@H](O)[C@@H](NC(=O)CNC(=O)[C@H](CCC(N)=O)NC(=O)[C@H](CO)NC(=O)[C@@H](N)Cc1cnc[nH]1)C(=O)N[C@@H](Cc1ccccc1)C(=O)N[C@H](C(=O)N[C@@H](CO)C(=O)N[C@@H](CC(=O)O)C(=O)N[C@@H](CCCCN)C(=O)O)[C@@H](C)O. The average Bonchev–Trinajstić information content (AvgIpc) is 3.90. The van der Waals surface area contributed by atoms with Gasteiger partial charge in [0.2, 0.25) is 59.1 Å². The number of nitrogens with two attached hydrogens (primary N) is 3. The highest BCUT2D eigenvalue weighted by Gasteiger charge is 2.37. The molecule has 1 heterocycles. The lowest BCUT2D eigenvalue weighted by atomic mass is 10.0. The van der Waals surface area contributed by atoms with Crippen LogP contribution in [-0.4, -0.2) is 205 Å². The molecule has 0 spiro atoms. The van der Waals surface area contributed by atoms with Crippen LogP contribution in [-0.2, 0) is 70.4 Å². The third kappa shape index (κ3) is 23.4. The number of carboxylic acids is 2. The summed E-state index contributed by atoms with van der Waals surface area (Å²) in [5.41, 5.74) is 17.5. The van der Waals surface area contributed by atoms with Gasteiger partial charge in [0.15, 0.2) is 0 Å². The zero-order chi connectivity index (χ0) is 58.6. The number of amides is 10. The zero-order valence-corrected chi connectivity index (χ0v) is 42.6. The second-order valence-electron chi connectivity index (χ2n) is 17.8. The fourth-order valence-electron chi connectivity index (χ4n) is 7.06. The number of aliphatic hydroxyl groups excluding tert-OH is 4. The van der Waals surface area contributed by atoms with Gasteiger partial charge in [-0.05, 0) is 51.6 Å². The summed E-state index contributed by atoms with van der Waals surface area (Å²) in [5.74, 6) is -14.4. The first-order chi connectivity index (χ1) is 36.8. The quantitative estimate of drug-likeness (QED) is 0.0282. The number of rotatable bonds is 36. The molecule has 1 aromatic carbocycles. The number of hydrogen-bond donors (Lipinski definition) is 19. The van der Waals surface area contributed by atoms with E-state index in [4.69, 9.17) is 17.2 Å². The highest BCUT2D eigenvalue weighted by atomic mass is 16.4. The molecular formula is C46H70N14O18. The van der Waals surface area contributed by atoms with E-state index in [9.17, 15) is 88.2 Å². The molecule has 0 radical (unpaired) electrons. The van der Waals surface area contributed by atoms with Crippen LogP contribution in [0.5, 0.6) is 0 Å². The minimum atomic E-state index is -1.97. The Morgan fingerprint density at radius 3 is 1.63 bits per heavy atom. The van der Waals surface area contributed by atoms with E-state index in [1.165, 1.54) is 12.5 Å². The summed E-state index contributed by atoms with van der Waals surface area (Å²) in [7, 11) is 0. The van der Waals surface area contributed by atoms with Crippen molar-refractivity contribution in [1.29, 1.82) is 0 Å². The number of imidazole rings is 1. The van der Waals surface area contributed by atoms with Crippen LogP contribution in [0.15, 0.2) is 42.9 Å². The summed E-state index contributed by atoms with van der Waals surface area (Å²) < 4.78 is 0. The van der Waals surface area contributed by atoms with Crippen molar-refractivity contribution >= 4 is 71.0 Å². The van der Waals surface area contributed by atoms with E-state index in [2.05, 4.69) is 52.5 Å². The summed E-state index contributed by atoms with van der Waals surface area (Å²) in [6, 6.07) is -7.43. The first-order valence-electron chi connectivity index (χ1n) is 24.3. The Kier molecular flexibility index (Phi) is 28.6. The number of benzene rings is 1. The monoisotopic (exact) mass is 1110 g/mol. The number of aromatic amines is 1. The van der Waals surface area contributed by atoms with Gasteiger partial charge in [0.25, 0.3) is 0 Å². The van der Waals surface area contributed by atoms with Crippen molar-refractivity contribution in [3.8, 4) is 0 Å². The van der Waals surface area contributed by atoms with Gasteiger partial charge in [0.05, 0.1) is 50.8 Å². The third-order valence-corrected chi connectivity index (χ3v) is 11.3. The van der Waals surface area contributed by atoms with Crippen LogP contribution < -0.4 is 65.1 Å². The van der Waals surface area contributed by atoms with E-state index in [0.29, 0.717) is 17.7 Å². The van der Waals surface area contributed by atoms with E-state index < -0.39 is 177 Å². The van der Waals surface area contributed by atoms with Crippen LogP contribution in [0.3, 0.4) is 0 Å². The number of carbonyl (C=O) groups excluding carboxylic acids is 10. The molecule has 0 bridgehead atoms. The molecule has 1 aromatic heterocycles. The second-order valence-corrected chi connectivity index (χ2v) is 17.8. The Hall–Kier alpha value is -8.17. The highest BCUT2D eigenvalue weighted by molar-refractivity contribution is 5.99. The Morgan fingerprint density at radius 1 is 0.603 bits per heavy atom. The lowest BCUT2D eigenvalue weighted by molar-refractivity contribution is -0.144. The topological polar surface area (TPSA) is 541 Å². The molecule has 0 aliphatic carbocycles. The van der Waals surface area contributed by atoms with Crippen LogP contribution >= 0.6 is 0 Å². The number of hydrogen-bond acceptors (Lipinski definition) is 19. The zero-order valence-electron chi connectivity index (χ0n) is 42.6. The maximum Gasteiger partial charge on any atom is 0.326 e. The molecule has 0 unspecified atom stereocenters. The lowest BCUT2D eigenvalue weighted by Crippen LogP contribution is -2.63. The van der Waals surface area contributed by atoms with Gasteiger partial charge >= 0.3 is 11.9 Å². The van der Waals surface area contributed by atoms with Gasteiger partial charge in [-0.15, -0.1) is 0 Å². The molecule has 0 aliphatic heterocycles. The number of aliphatic hydroxyl groups is 4. The second kappa shape index (κ2) is 33.8. The number of aromatic nitrogens is 2. The summed E-state index contributed by atoms with van der Waals surface area (Å²) in [4.78, 5) is 162. The molecule has 0 saturated carbocycles. The van der Waals surface area contributed by atoms with Gasteiger partial charge in [-0.25, -0.2) is 9.78 Å². The first-order valence-corrected chi connectivity index (χ1v) is 24.3. The minimum absolute atomic E-state index is 0.0198. The Bertz CT molecular complexity index is 2360. The molecule has 0 fully saturated rings. The average molecular weight is 1110 g/mol. The van der Waals surface area contributed by atoms with Gasteiger partial charge in [0.1, 0.15) is 48.3 Å². The van der Waals surface area contributed by atoms with Crippen molar-refractivity contribution in [3.05, 3.63) is 54.1 Å². The Labute approximate surface area is 445 Å². The van der Waals surface area contributed by atoms with Crippen molar-refractivity contribution in [2.75, 3.05) is 26.3 Å². The molecular weight excluding hydrogens is 1040 g/mol. The van der Waals surface area contributed by atoms with Crippen molar-refractivity contribution in [2.24, 2.45) is 17.2 Å². The summed E-state index contributed by atoms with van der Waals surface area (Å²) in [6.45, 7) is -0.729. The first kappa shape index (κ1) is 65.9. The van der Waals surface area contributed by atoms with Gasteiger partial charge in [-0.2, -0.15) is 0 Å². The maximum absolute atomic E-state index is 14.0. The van der Waals surface area contributed by atoms with Crippen LogP contribution in [0.2, 0.25) is 0 Å². The van der Waals surface area contributed by atoms with E-state index >= 15 is 0 Å². The smallest absolute Gasteiger partial charge is 0.326 e. The molecule has 2 rings (SSSR count). The number of nitrogens with one attached hydrogen (secondary N) is 10. The standard InChI is InChI=1S/C46H70N14O18/c1-22(63)36(59-34(66)18-51-39(70)27(11-12-33(49)65)53-42(73)31(19-61)57-38(69)26(48)15-25-17-50-21-52-25)44(75)56-29(14-24-8-4-3-5-9-24)41(72)60-37(23(2)64)45(76)58-32(20-62)43(74)55-30(16-35(67)68)40(71)54-28(46(77)78)10-6-7-13-47/h3-5,8-9,17,21-23,26-32,36-37,61-64H,6-7,10-16,18-20,47-48H2,1-2H3,(H2,49,65)(H,50,52)(H,51,70)(H,53,73)(H,54,71)(H,55,74)(H,56,75)(H,57,69)(H,58,76)(H,59,66)(H,60,72)(H,67,68)(H,77,78)/t22-,23+,26-,27-,28-,29-,30-,31-,32-,36+,37-/m0/s1. The van der Waals surface area contributed by atoms with Crippen LogP contribution in [0, 0.1) is 0 Å². The number of primary amides is 1. The van der Waals surface area contributed by atoms with Gasteiger partial charge in [-0.3, -0.25) is 52.7 Å². The fraction of sp³-hybridized carbons (Fsp3) is 0.543. The normalized spacial score (nSPS) is 15.2. The largest absolute Gasteiger partial charge is 0.481 e. The molecule has 22 N–H and O–H groups in total. The van der Waals surface area contributed by atoms with Gasteiger partial charge in [-0.1, -0.05) is 30.3 Å². The molecule has 32 heteroatoms. The molecule has 32 nitrogen and oxygen atoms in total. The lowest BCUT2D eigenvalue weighted by Gasteiger charge is -2.28. The predicted octanol–water partition coefficient (Wildman–Crippen LogP) is -8.78. The molecule has 78 heavy (non-hydrogen) atoms. The molecule has 2 aromatic rings. The molecule has 0 aliphatic rings. The van der Waals surface area contributed by atoms with Gasteiger partial charge < -0.3 is 101 Å². The van der Waals surface area contributed by atoms with Crippen molar-refractivity contribution in [1.82, 2.24) is 57.8 Å². The molecule has 432 valence electrons. The van der Waals surface area contributed by atoms with E-state index in [1.54, 1.807) is 30.3 Å². The summed E-state index contributed by atoms with van der Waals surface area (Å²) in [5, 5.41) is 79.9. The highest BCUT2D eigenvalue weighted by Crippen LogP contribution is 2.09. The number of unbranched alkanes of at least 4 members (excludes halogenated alkanes) is 1. The number of nitrogens with zero attached hydrogens (tertiary/aromatic N) is 1. The maximum atomic E-state index is 14.0. The predicted molar refractivity (Wildman–Crippen MR) is 268 cm³/mol. The molecule has 0 saturated heterocycles. The number of aliphatic carboxylic acids is 2. The van der Waals surface area contributed by atoms with Crippen molar-refractivity contribution < 1.29 is 88.2 Å². The van der Waals surface area contributed by atoms with E-state index in [-0.39, 0.29) is 32.2 Å². The molecule has 11 atom stereocenters. The van der Waals surface area contributed by atoms with Gasteiger partial charge in [0, 0.05) is 31.2 Å². The fourth-order valence-corrected chi connectivity index (χ4v) is 7.06. The Morgan fingerprint density at radius 2 is 1.12 bits per heavy atom. The third-order valence-electron chi connectivity index (χ3n) is 11.3. The van der Waals surface area contributed by atoms with E-state index in [0.717, 1.165) is 13.8 Å².